The van der Waals surface area contributed by atoms with Crippen molar-refractivity contribution < 1.29 is 9.59 Å². The number of carbonyl (C=O) groups is 2. The average molecular weight is 372 g/mol. The van der Waals surface area contributed by atoms with Crippen molar-refractivity contribution >= 4 is 28.3 Å². The molecule has 1 saturated heterocycles. The summed E-state index contributed by atoms with van der Waals surface area (Å²) in [6, 6.07) is 7.86. The zero-order chi connectivity index (χ0) is 18.7. The van der Waals surface area contributed by atoms with E-state index in [2.05, 4.69) is 41.5 Å². The van der Waals surface area contributed by atoms with E-state index >= 15 is 0 Å². The zero-order valence-electron chi connectivity index (χ0n) is 15.5. The quantitative estimate of drug-likeness (QED) is 0.836. The standard InChI is InChI=1S/C20H25N3O2S/c1-4-14-7-9-15(10-8-14)16-12-26-20(21-16)22-19(25)18(13(2)3)23-11-5-6-17(23)24/h7-10,12-13,18H,4-6,11H2,1-3H3,(H,21,22,25). The molecule has 1 N–H and O–H groups in total. The van der Waals surface area contributed by atoms with E-state index in [1.807, 2.05) is 19.2 Å². The van der Waals surface area contributed by atoms with Crippen molar-refractivity contribution in [2.75, 3.05) is 11.9 Å². The molecule has 0 bridgehead atoms. The number of anilines is 1. The van der Waals surface area contributed by atoms with Crippen molar-refractivity contribution in [1.29, 1.82) is 0 Å². The first-order chi connectivity index (χ1) is 12.5. The Morgan fingerprint density at radius 3 is 2.62 bits per heavy atom. The molecule has 0 aliphatic carbocycles. The number of nitrogens with one attached hydrogen (secondary N) is 1. The van der Waals surface area contributed by atoms with E-state index in [-0.39, 0.29) is 17.7 Å². The van der Waals surface area contributed by atoms with Crippen molar-refractivity contribution in [2.24, 2.45) is 5.92 Å². The van der Waals surface area contributed by atoms with E-state index in [0.717, 1.165) is 24.1 Å². The minimum Gasteiger partial charge on any atom is -0.330 e. The molecule has 0 spiro atoms. The molecule has 1 aliphatic heterocycles. The van der Waals surface area contributed by atoms with Crippen molar-refractivity contribution in [3.63, 3.8) is 0 Å². The molecule has 1 aromatic heterocycles. The monoisotopic (exact) mass is 371 g/mol. The van der Waals surface area contributed by atoms with Crippen molar-refractivity contribution in [3.8, 4) is 11.3 Å². The second kappa shape index (κ2) is 7.99. The van der Waals surface area contributed by atoms with E-state index in [9.17, 15) is 9.59 Å². The number of aromatic nitrogens is 1. The summed E-state index contributed by atoms with van der Waals surface area (Å²) in [5, 5.41) is 5.43. The fraction of sp³-hybridized carbons (Fsp3) is 0.450. The molecule has 3 rings (SSSR count). The third-order valence-electron chi connectivity index (χ3n) is 4.74. The van der Waals surface area contributed by atoms with Crippen LogP contribution < -0.4 is 5.32 Å². The van der Waals surface area contributed by atoms with Crippen molar-refractivity contribution in [3.05, 3.63) is 35.2 Å². The third kappa shape index (κ3) is 3.96. The summed E-state index contributed by atoms with van der Waals surface area (Å²) in [5.41, 5.74) is 3.17. The number of rotatable bonds is 6. The highest BCUT2D eigenvalue weighted by Gasteiger charge is 2.35. The number of hydrogen-bond donors (Lipinski definition) is 1. The van der Waals surface area contributed by atoms with E-state index in [4.69, 9.17) is 0 Å². The van der Waals surface area contributed by atoms with Gasteiger partial charge in [-0.3, -0.25) is 9.59 Å². The SMILES string of the molecule is CCc1ccc(-c2csc(NC(=O)C(C(C)C)N3CCCC3=O)n2)cc1. The Morgan fingerprint density at radius 2 is 2.04 bits per heavy atom. The van der Waals surface area contributed by atoms with E-state index in [1.165, 1.54) is 16.9 Å². The molecule has 6 heteroatoms. The molecule has 1 aromatic carbocycles. The lowest BCUT2D eigenvalue weighted by molar-refractivity contribution is -0.136. The van der Waals surface area contributed by atoms with Gasteiger partial charge in [-0.05, 0) is 24.3 Å². The van der Waals surface area contributed by atoms with Gasteiger partial charge in [0.05, 0.1) is 5.69 Å². The minimum absolute atomic E-state index is 0.0538. The molecular weight excluding hydrogens is 346 g/mol. The van der Waals surface area contributed by atoms with Gasteiger partial charge in [-0.25, -0.2) is 4.98 Å². The van der Waals surface area contributed by atoms with Gasteiger partial charge in [0.25, 0.3) is 0 Å². The lowest BCUT2D eigenvalue weighted by Gasteiger charge is -2.29. The van der Waals surface area contributed by atoms with Crippen LogP contribution in [0.1, 0.15) is 39.2 Å². The molecule has 1 atom stereocenters. The predicted molar refractivity (Wildman–Crippen MR) is 105 cm³/mol. The van der Waals surface area contributed by atoms with Crippen LogP contribution >= 0.6 is 11.3 Å². The summed E-state index contributed by atoms with van der Waals surface area (Å²) in [7, 11) is 0. The second-order valence-electron chi connectivity index (χ2n) is 6.96. The minimum atomic E-state index is -0.443. The second-order valence-corrected chi connectivity index (χ2v) is 7.82. The molecule has 0 saturated carbocycles. The number of benzene rings is 1. The highest BCUT2D eigenvalue weighted by molar-refractivity contribution is 7.14. The maximum Gasteiger partial charge on any atom is 0.249 e. The Labute approximate surface area is 158 Å². The summed E-state index contributed by atoms with van der Waals surface area (Å²) < 4.78 is 0. The molecule has 0 radical (unpaired) electrons. The smallest absolute Gasteiger partial charge is 0.249 e. The average Bonchev–Trinajstić information content (AvgIpc) is 3.25. The molecule has 2 amide bonds. The Morgan fingerprint density at radius 1 is 1.31 bits per heavy atom. The van der Waals surface area contributed by atoms with Crippen molar-refractivity contribution in [2.45, 2.75) is 46.1 Å². The number of thiazole rings is 1. The van der Waals surface area contributed by atoms with E-state index in [1.54, 1.807) is 4.90 Å². The molecule has 138 valence electrons. The highest BCUT2D eigenvalue weighted by Crippen LogP contribution is 2.26. The van der Waals surface area contributed by atoms with Gasteiger partial charge in [-0.1, -0.05) is 45.0 Å². The number of hydrogen-bond acceptors (Lipinski definition) is 4. The summed E-state index contributed by atoms with van der Waals surface area (Å²) in [6.45, 7) is 6.72. The van der Waals surface area contributed by atoms with Crippen LogP contribution in [-0.4, -0.2) is 34.3 Å². The van der Waals surface area contributed by atoms with Crippen molar-refractivity contribution in [1.82, 2.24) is 9.88 Å². The summed E-state index contributed by atoms with van der Waals surface area (Å²) >= 11 is 1.41. The molecule has 2 heterocycles. The molecule has 1 unspecified atom stereocenters. The number of amides is 2. The summed E-state index contributed by atoms with van der Waals surface area (Å²) in [6.07, 6.45) is 2.36. The predicted octanol–water partition coefficient (Wildman–Crippen LogP) is 3.96. The van der Waals surface area contributed by atoms with Crippen LogP contribution in [-0.2, 0) is 16.0 Å². The topological polar surface area (TPSA) is 62.3 Å². The fourth-order valence-electron chi connectivity index (χ4n) is 3.32. The van der Waals surface area contributed by atoms with Crippen LogP contribution in [0.15, 0.2) is 29.6 Å². The third-order valence-corrected chi connectivity index (χ3v) is 5.50. The van der Waals surface area contributed by atoms with E-state index < -0.39 is 6.04 Å². The fourth-order valence-corrected chi connectivity index (χ4v) is 4.04. The summed E-state index contributed by atoms with van der Waals surface area (Å²) in [5.74, 6) is -0.0368. The first-order valence-corrected chi connectivity index (χ1v) is 10.0. The molecular formula is C20H25N3O2S. The van der Waals surface area contributed by atoms with Crippen LogP contribution in [0.3, 0.4) is 0 Å². The van der Waals surface area contributed by atoms with Crippen LogP contribution in [0.2, 0.25) is 0 Å². The van der Waals surface area contributed by atoms with Gasteiger partial charge in [0.1, 0.15) is 6.04 Å². The maximum atomic E-state index is 12.8. The van der Waals surface area contributed by atoms with Crippen LogP contribution in [0.4, 0.5) is 5.13 Å². The zero-order valence-corrected chi connectivity index (χ0v) is 16.3. The van der Waals surface area contributed by atoms with Gasteiger partial charge in [0.2, 0.25) is 11.8 Å². The van der Waals surface area contributed by atoms with Gasteiger partial charge in [0.15, 0.2) is 5.13 Å². The largest absolute Gasteiger partial charge is 0.330 e. The van der Waals surface area contributed by atoms with E-state index in [0.29, 0.717) is 18.1 Å². The van der Waals surface area contributed by atoms with Crippen LogP contribution in [0, 0.1) is 5.92 Å². The molecule has 1 aliphatic rings. The Kier molecular flexibility index (Phi) is 5.71. The lowest BCUT2D eigenvalue weighted by Crippen LogP contribution is -2.47. The first kappa shape index (κ1) is 18.6. The Bertz CT molecular complexity index is 783. The number of aryl methyl sites for hydroxylation is 1. The lowest BCUT2D eigenvalue weighted by atomic mass is 10.0. The number of nitrogens with zero attached hydrogens (tertiary/aromatic N) is 2. The van der Waals surface area contributed by atoms with Gasteiger partial charge >= 0.3 is 0 Å². The van der Waals surface area contributed by atoms with Gasteiger partial charge in [-0.2, -0.15) is 0 Å². The molecule has 1 fully saturated rings. The Balaban J connectivity index is 1.72. The number of likely N-dealkylation sites (tertiary alicyclic amines) is 1. The highest BCUT2D eigenvalue weighted by atomic mass is 32.1. The van der Waals surface area contributed by atoms with Crippen LogP contribution in [0.25, 0.3) is 11.3 Å². The molecule has 26 heavy (non-hydrogen) atoms. The Hall–Kier alpha value is -2.21. The first-order valence-electron chi connectivity index (χ1n) is 9.14. The van der Waals surface area contributed by atoms with Crippen LogP contribution in [0.5, 0.6) is 0 Å². The van der Waals surface area contributed by atoms with Gasteiger partial charge < -0.3 is 10.2 Å². The molecule has 5 nitrogen and oxygen atoms in total. The normalized spacial score (nSPS) is 15.5. The number of carbonyl (C=O) groups excluding carboxylic acids is 2. The maximum absolute atomic E-state index is 12.8. The molecule has 2 aromatic rings. The summed E-state index contributed by atoms with van der Waals surface area (Å²) in [4.78, 5) is 31.1. The van der Waals surface area contributed by atoms with Gasteiger partial charge in [0, 0.05) is 23.9 Å². The van der Waals surface area contributed by atoms with Gasteiger partial charge in [-0.15, -0.1) is 11.3 Å².